The van der Waals surface area contributed by atoms with E-state index >= 15 is 0 Å². The van der Waals surface area contributed by atoms with Gasteiger partial charge in [0, 0.05) is 28.3 Å². The lowest BCUT2D eigenvalue weighted by atomic mass is 10.1. The Labute approximate surface area is 173 Å². The van der Waals surface area contributed by atoms with Gasteiger partial charge >= 0.3 is 0 Å². The van der Waals surface area contributed by atoms with Crippen LogP contribution in [-0.4, -0.2) is 28.9 Å². The van der Waals surface area contributed by atoms with Crippen LogP contribution in [0.25, 0.3) is 21.7 Å². The van der Waals surface area contributed by atoms with Crippen molar-refractivity contribution in [2.75, 3.05) is 18.4 Å². The summed E-state index contributed by atoms with van der Waals surface area (Å²) < 4.78 is 6.03. The summed E-state index contributed by atoms with van der Waals surface area (Å²) in [6, 6.07) is 12.1. The van der Waals surface area contributed by atoms with Crippen LogP contribution in [-0.2, 0) is 6.54 Å². The Morgan fingerprint density at radius 1 is 1.14 bits per heavy atom. The van der Waals surface area contributed by atoms with E-state index in [9.17, 15) is 4.79 Å². The summed E-state index contributed by atoms with van der Waals surface area (Å²) in [7, 11) is 0. The van der Waals surface area contributed by atoms with Crippen molar-refractivity contribution in [3.05, 3.63) is 58.8 Å². The number of hydrogen-bond acceptors (Lipinski definition) is 5. The highest BCUT2D eigenvalue weighted by molar-refractivity contribution is 7.14. The molecule has 148 valence electrons. The summed E-state index contributed by atoms with van der Waals surface area (Å²) in [5, 5.41) is 8.66. The number of nitrogens with zero attached hydrogens (tertiary/aromatic N) is 2. The Morgan fingerprint density at radius 3 is 2.83 bits per heavy atom. The van der Waals surface area contributed by atoms with Crippen LogP contribution < -0.4 is 5.32 Å². The normalized spacial score (nSPS) is 15.2. The molecule has 0 bridgehead atoms. The third-order valence-corrected chi connectivity index (χ3v) is 6.45. The molecule has 0 spiro atoms. The number of rotatable bonds is 4. The van der Waals surface area contributed by atoms with Crippen molar-refractivity contribution in [2.45, 2.75) is 32.7 Å². The van der Waals surface area contributed by atoms with Crippen molar-refractivity contribution in [3.63, 3.8) is 0 Å². The van der Waals surface area contributed by atoms with Gasteiger partial charge in [0.15, 0.2) is 10.9 Å². The quantitative estimate of drug-likeness (QED) is 0.481. The molecule has 0 radical (unpaired) electrons. The van der Waals surface area contributed by atoms with E-state index in [1.54, 1.807) is 0 Å². The number of piperidine rings is 1. The molecule has 4 aromatic rings. The predicted octanol–water partition coefficient (Wildman–Crippen LogP) is 5.59. The molecule has 6 heteroatoms. The Morgan fingerprint density at radius 2 is 1.97 bits per heavy atom. The first-order valence-corrected chi connectivity index (χ1v) is 11.0. The number of aromatic nitrogens is 1. The minimum absolute atomic E-state index is 0.248. The molecule has 0 atom stereocenters. The van der Waals surface area contributed by atoms with E-state index in [4.69, 9.17) is 4.42 Å². The average molecular weight is 406 g/mol. The summed E-state index contributed by atoms with van der Waals surface area (Å²) in [5.41, 5.74) is 2.63. The molecule has 1 N–H and O–H groups in total. The van der Waals surface area contributed by atoms with Crippen LogP contribution in [0.3, 0.4) is 0 Å². The van der Waals surface area contributed by atoms with E-state index in [-0.39, 0.29) is 5.91 Å². The van der Waals surface area contributed by atoms with Crippen LogP contribution in [0, 0.1) is 6.92 Å². The Kier molecular flexibility index (Phi) is 4.81. The molecule has 0 saturated carbocycles. The van der Waals surface area contributed by atoms with Crippen molar-refractivity contribution < 1.29 is 9.21 Å². The molecule has 2 aromatic heterocycles. The predicted molar refractivity (Wildman–Crippen MR) is 118 cm³/mol. The minimum Gasteiger partial charge on any atom is -0.450 e. The zero-order valence-corrected chi connectivity index (χ0v) is 17.2. The molecule has 1 saturated heterocycles. The van der Waals surface area contributed by atoms with Gasteiger partial charge in [-0.25, -0.2) is 4.98 Å². The number of carbonyl (C=O) groups excluding carboxylic acids is 1. The van der Waals surface area contributed by atoms with Crippen LogP contribution in [0.4, 0.5) is 5.13 Å². The van der Waals surface area contributed by atoms with Crippen LogP contribution in [0.5, 0.6) is 0 Å². The number of benzene rings is 2. The van der Waals surface area contributed by atoms with Gasteiger partial charge in [0.25, 0.3) is 5.91 Å². The zero-order valence-electron chi connectivity index (χ0n) is 16.4. The molecule has 2 aromatic carbocycles. The summed E-state index contributed by atoms with van der Waals surface area (Å²) in [5.74, 6) is 0.103. The second kappa shape index (κ2) is 7.61. The third kappa shape index (κ3) is 3.54. The fourth-order valence-electron chi connectivity index (χ4n) is 4.10. The lowest BCUT2D eigenvalue weighted by molar-refractivity contribution is 0.0998. The zero-order chi connectivity index (χ0) is 19.8. The molecule has 0 unspecified atom stereocenters. The molecular weight excluding hydrogens is 382 g/mol. The molecule has 29 heavy (non-hydrogen) atoms. The van der Waals surface area contributed by atoms with Gasteiger partial charge in [-0.3, -0.25) is 15.0 Å². The number of aryl methyl sites for hydroxylation is 1. The fraction of sp³-hybridized carbons (Fsp3) is 0.304. The number of fused-ring (bicyclic) bond motifs is 3. The lowest BCUT2D eigenvalue weighted by Gasteiger charge is -2.25. The van der Waals surface area contributed by atoms with Crippen molar-refractivity contribution in [1.29, 1.82) is 0 Å². The highest BCUT2D eigenvalue weighted by Gasteiger charge is 2.20. The maximum Gasteiger partial charge on any atom is 0.293 e. The van der Waals surface area contributed by atoms with Gasteiger partial charge in [0.1, 0.15) is 5.58 Å². The summed E-state index contributed by atoms with van der Waals surface area (Å²) in [6.07, 6.45) is 3.84. The fourth-order valence-corrected chi connectivity index (χ4v) is 4.80. The number of hydrogen-bond donors (Lipinski definition) is 1. The number of thiazole rings is 1. The van der Waals surface area contributed by atoms with E-state index in [0.29, 0.717) is 10.9 Å². The number of carbonyl (C=O) groups is 1. The molecule has 1 aliphatic rings. The van der Waals surface area contributed by atoms with E-state index in [1.807, 2.05) is 42.6 Å². The minimum atomic E-state index is -0.248. The highest BCUT2D eigenvalue weighted by atomic mass is 32.1. The maximum absolute atomic E-state index is 12.9. The molecule has 1 amide bonds. The Bertz CT molecular complexity index is 1190. The molecule has 0 aliphatic carbocycles. The number of likely N-dealkylation sites (tertiary alicyclic amines) is 1. The van der Waals surface area contributed by atoms with Crippen LogP contribution >= 0.6 is 11.3 Å². The summed E-state index contributed by atoms with van der Waals surface area (Å²) in [6.45, 7) is 5.04. The number of amides is 1. The van der Waals surface area contributed by atoms with Gasteiger partial charge in [0.05, 0.1) is 5.69 Å². The molecule has 5 rings (SSSR count). The maximum atomic E-state index is 12.9. The Hall–Kier alpha value is -2.70. The topological polar surface area (TPSA) is 58.4 Å². The third-order valence-electron chi connectivity index (χ3n) is 5.64. The molecular formula is C23H23N3O2S. The van der Waals surface area contributed by atoms with E-state index in [0.717, 1.165) is 52.6 Å². The molecule has 5 nitrogen and oxygen atoms in total. The van der Waals surface area contributed by atoms with Crippen molar-refractivity contribution >= 4 is 44.1 Å². The van der Waals surface area contributed by atoms with Gasteiger partial charge < -0.3 is 4.42 Å². The van der Waals surface area contributed by atoms with Crippen LogP contribution in [0.2, 0.25) is 0 Å². The average Bonchev–Trinajstić information content (AvgIpc) is 3.33. The second-order valence-corrected chi connectivity index (χ2v) is 8.51. The van der Waals surface area contributed by atoms with Gasteiger partial charge in [-0.05, 0) is 38.2 Å². The van der Waals surface area contributed by atoms with Crippen LogP contribution in [0.15, 0.2) is 46.2 Å². The van der Waals surface area contributed by atoms with Crippen molar-refractivity contribution in [2.24, 2.45) is 0 Å². The smallest absolute Gasteiger partial charge is 0.293 e. The van der Waals surface area contributed by atoms with Gasteiger partial charge in [-0.2, -0.15) is 0 Å². The number of nitrogens with one attached hydrogen (secondary N) is 1. The molecule has 1 fully saturated rings. The standard InChI is InChI=1S/C23H23N3O2S/c1-15-18-10-9-16-7-3-4-8-19(16)21(18)28-20(15)22(27)25-23-24-17(14-29-23)13-26-11-5-2-6-12-26/h3-4,7-10,14H,2,5-6,11-13H2,1H3,(H,24,25,27). The first-order chi connectivity index (χ1) is 14.2. The second-order valence-electron chi connectivity index (χ2n) is 7.65. The van der Waals surface area contributed by atoms with E-state index < -0.39 is 0 Å². The van der Waals surface area contributed by atoms with Gasteiger partial charge in [-0.15, -0.1) is 11.3 Å². The first kappa shape index (κ1) is 18.3. The lowest BCUT2D eigenvalue weighted by Crippen LogP contribution is -2.29. The first-order valence-electron chi connectivity index (χ1n) is 10.1. The monoisotopic (exact) mass is 405 g/mol. The Balaban J connectivity index is 1.37. The number of furan rings is 1. The summed E-state index contributed by atoms with van der Waals surface area (Å²) in [4.78, 5) is 19.9. The summed E-state index contributed by atoms with van der Waals surface area (Å²) >= 11 is 1.47. The van der Waals surface area contributed by atoms with Gasteiger partial charge in [-0.1, -0.05) is 42.8 Å². The van der Waals surface area contributed by atoms with Crippen molar-refractivity contribution in [3.8, 4) is 0 Å². The van der Waals surface area contributed by atoms with Crippen molar-refractivity contribution in [1.82, 2.24) is 9.88 Å². The van der Waals surface area contributed by atoms with Crippen LogP contribution in [0.1, 0.15) is 41.1 Å². The molecule has 1 aliphatic heterocycles. The SMILES string of the molecule is Cc1c(C(=O)Nc2nc(CN3CCCCC3)cs2)oc2c1ccc1ccccc12. The highest BCUT2D eigenvalue weighted by Crippen LogP contribution is 2.32. The molecule has 3 heterocycles. The number of anilines is 1. The van der Waals surface area contributed by atoms with E-state index in [2.05, 4.69) is 21.3 Å². The largest absolute Gasteiger partial charge is 0.450 e. The van der Waals surface area contributed by atoms with Gasteiger partial charge in [0.2, 0.25) is 0 Å². The van der Waals surface area contributed by atoms with E-state index in [1.165, 1.54) is 30.6 Å².